The molecule has 3 aromatic rings. The minimum absolute atomic E-state index is 0.361. The number of nitrogens with one attached hydrogen (secondary N) is 1. The average molecular weight is 318 g/mol. The quantitative estimate of drug-likeness (QED) is 0.782. The van der Waals surface area contributed by atoms with Crippen LogP contribution in [0.2, 0.25) is 0 Å². The SMILES string of the molecule is c1ccc(CCC2c3nc[nH]c3CCN2Cc2cccnc2)cc1. The third-order valence-corrected chi connectivity index (χ3v) is 4.81. The Kier molecular flexibility index (Phi) is 4.38. The first-order valence-electron chi connectivity index (χ1n) is 8.59. The molecule has 4 nitrogen and oxygen atoms in total. The van der Waals surface area contributed by atoms with Crippen molar-refractivity contribution in [1.82, 2.24) is 19.9 Å². The van der Waals surface area contributed by atoms with Gasteiger partial charge in [0.05, 0.1) is 18.1 Å². The van der Waals surface area contributed by atoms with Crippen LogP contribution in [0.15, 0.2) is 61.2 Å². The largest absolute Gasteiger partial charge is 0.348 e. The Hall–Kier alpha value is -2.46. The molecule has 0 fully saturated rings. The highest BCUT2D eigenvalue weighted by Crippen LogP contribution is 2.32. The first-order valence-corrected chi connectivity index (χ1v) is 8.59. The van der Waals surface area contributed by atoms with E-state index in [1.807, 2.05) is 24.8 Å². The van der Waals surface area contributed by atoms with Gasteiger partial charge in [0, 0.05) is 37.6 Å². The van der Waals surface area contributed by atoms with Gasteiger partial charge in [0.15, 0.2) is 0 Å². The summed E-state index contributed by atoms with van der Waals surface area (Å²) in [4.78, 5) is 14.7. The highest BCUT2D eigenvalue weighted by molar-refractivity contribution is 5.22. The van der Waals surface area contributed by atoms with Crippen molar-refractivity contribution >= 4 is 0 Å². The number of aromatic amines is 1. The fraction of sp³-hybridized carbons (Fsp3) is 0.300. The van der Waals surface area contributed by atoms with Crippen LogP contribution in [0.25, 0.3) is 0 Å². The molecule has 3 heterocycles. The molecule has 24 heavy (non-hydrogen) atoms. The van der Waals surface area contributed by atoms with Crippen LogP contribution >= 0.6 is 0 Å². The predicted octanol–water partition coefficient (Wildman–Crippen LogP) is 3.54. The second-order valence-corrected chi connectivity index (χ2v) is 6.39. The lowest BCUT2D eigenvalue weighted by atomic mass is 9.96. The lowest BCUT2D eigenvalue weighted by Gasteiger charge is -2.35. The molecule has 1 aliphatic heterocycles. The molecule has 1 atom stereocenters. The Balaban J connectivity index is 1.54. The van der Waals surface area contributed by atoms with Crippen molar-refractivity contribution in [2.75, 3.05) is 6.54 Å². The first-order chi connectivity index (χ1) is 11.9. The van der Waals surface area contributed by atoms with Gasteiger partial charge in [0.25, 0.3) is 0 Å². The normalized spacial score (nSPS) is 17.6. The number of hydrogen-bond acceptors (Lipinski definition) is 3. The molecule has 0 saturated carbocycles. The average Bonchev–Trinajstić information content (AvgIpc) is 3.11. The molecule has 0 spiro atoms. The Bertz CT molecular complexity index is 767. The van der Waals surface area contributed by atoms with Gasteiger partial charge in [-0.15, -0.1) is 0 Å². The predicted molar refractivity (Wildman–Crippen MR) is 94.4 cm³/mol. The van der Waals surface area contributed by atoms with Crippen LogP contribution in [0.5, 0.6) is 0 Å². The third-order valence-electron chi connectivity index (χ3n) is 4.81. The zero-order valence-corrected chi connectivity index (χ0v) is 13.7. The summed E-state index contributed by atoms with van der Waals surface area (Å²) in [6.07, 6.45) is 8.83. The third kappa shape index (κ3) is 3.24. The summed E-state index contributed by atoms with van der Waals surface area (Å²) >= 11 is 0. The van der Waals surface area contributed by atoms with Gasteiger partial charge in [-0.2, -0.15) is 0 Å². The van der Waals surface area contributed by atoms with Crippen LogP contribution in [0.3, 0.4) is 0 Å². The maximum absolute atomic E-state index is 4.63. The van der Waals surface area contributed by atoms with Crippen molar-refractivity contribution in [3.8, 4) is 0 Å². The standard InChI is InChI=1S/C20H22N4/c1-2-5-16(6-3-1)8-9-19-20-18(22-15-23-20)10-12-24(19)14-17-7-4-11-21-13-17/h1-7,11,13,15,19H,8-10,12,14H2,(H,22,23). The maximum atomic E-state index is 4.63. The molecule has 1 aliphatic rings. The number of nitrogens with zero attached hydrogens (tertiary/aromatic N) is 3. The summed E-state index contributed by atoms with van der Waals surface area (Å²) in [7, 11) is 0. The number of H-pyrrole nitrogens is 1. The Morgan fingerprint density at radius 2 is 1.96 bits per heavy atom. The summed E-state index contributed by atoms with van der Waals surface area (Å²) in [6.45, 7) is 1.99. The molecule has 1 N–H and O–H groups in total. The molecular formula is C20H22N4. The Morgan fingerprint density at radius 3 is 2.79 bits per heavy atom. The van der Waals surface area contributed by atoms with E-state index in [1.54, 1.807) is 0 Å². The van der Waals surface area contributed by atoms with Gasteiger partial charge in [-0.3, -0.25) is 9.88 Å². The smallest absolute Gasteiger partial charge is 0.0925 e. The number of benzene rings is 1. The van der Waals surface area contributed by atoms with Gasteiger partial charge in [-0.05, 0) is 30.0 Å². The van der Waals surface area contributed by atoms with Gasteiger partial charge in [-0.25, -0.2) is 4.98 Å². The number of hydrogen-bond donors (Lipinski definition) is 1. The summed E-state index contributed by atoms with van der Waals surface area (Å²) < 4.78 is 0. The first kappa shape index (κ1) is 15.1. The fourth-order valence-corrected chi connectivity index (χ4v) is 3.59. The highest BCUT2D eigenvalue weighted by atomic mass is 15.2. The van der Waals surface area contributed by atoms with Crippen LogP contribution in [0, 0.1) is 0 Å². The Labute approximate surface area is 142 Å². The minimum Gasteiger partial charge on any atom is -0.348 e. The summed E-state index contributed by atoms with van der Waals surface area (Å²) in [5, 5.41) is 0. The number of aromatic nitrogens is 3. The topological polar surface area (TPSA) is 44.8 Å². The Morgan fingerprint density at radius 1 is 1.08 bits per heavy atom. The molecule has 0 amide bonds. The monoisotopic (exact) mass is 318 g/mol. The van der Waals surface area contributed by atoms with Crippen LogP contribution < -0.4 is 0 Å². The van der Waals surface area contributed by atoms with Crippen molar-refractivity contribution < 1.29 is 0 Å². The fourth-order valence-electron chi connectivity index (χ4n) is 3.59. The van der Waals surface area contributed by atoms with E-state index in [0.717, 1.165) is 32.4 Å². The van der Waals surface area contributed by atoms with Crippen molar-refractivity contribution in [3.63, 3.8) is 0 Å². The lowest BCUT2D eigenvalue weighted by Crippen LogP contribution is -2.35. The molecule has 2 aromatic heterocycles. The van der Waals surface area contributed by atoms with Crippen LogP contribution in [0.4, 0.5) is 0 Å². The van der Waals surface area contributed by atoms with E-state index in [9.17, 15) is 0 Å². The van der Waals surface area contributed by atoms with Crippen molar-refractivity contribution in [3.05, 3.63) is 83.7 Å². The number of fused-ring (bicyclic) bond motifs is 1. The van der Waals surface area contributed by atoms with E-state index in [2.05, 4.69) is 56.3 Å². The van der Waals surface area contributed by atoms with E-state index >= 15 is 0 Å². The second kappa shape index (κ2) is 6.97. The number of pyridine rings is 1. The molecule has 1 aromatic carbocycles. The van der Waals surface area contributed by atoms with Crippen LogP contribution in [-0.2, 0) is 19.4 Å². The molecule has 4 heteroatoms. The van der Waals surface area contributed by atoms with Crippen molar-refractivity contribution in [1.29, 1.82) is 0 Å². The molecule has 0 radical (unpaired) electrons. The second-order valence-electron chi connectivity index (χ2n) is 6.39. The van der Waals surface area contributed by atoms with Crippen LogP contribution in [-0.4, -0.2) is 26.4 Å². The van der Waals surface area contributed by atoms with E-state index in [0.29, 0.717) is 6.04 Å². The van der Waals surface area contributed by atoms with Gasteiger partial charge in [0.2, 0.25) is 0 Å². The van der Waals surface area contributed by atoms with Crippen molar-refractivity contribution in [2.24, 2.45) is 0 Å². The molecule has 0 aliphatic carbocycles. The van der Waals surface area contributed by atoms with Gasteiger partial charge >= 0.3 is 0 Å². The molecule has 0 saturated heterocycles. The molecule has 0 bridgehead atoms. The van der Waals surface area contributed by atoms with Crippen LogP contribution in [0.1, 0.15) is 35.0 Å². The highest BCUT2D eigenvalue weighted by Gasteiger charge is 2.29. The van der Waals surface area contributed by atoms with E-state index in [-0.39, 0.29) is 0 Å². The molecular weight excluding hydrogens is 296 g/mol. The van der Waals surface area contributed by atoms with E-state index in [4.69, 9.17) is 0 Å². The zero-order valence-electron chi connectivity index (χ0n) is 13.7. The van der Waals surface area contributed by atoms with Gasteiger partial charge < -0.3 is 4.98 Å². The zero-order chi connectivity index (χ0) is 16.2. The maximum Gasteiger partial charge on any atom is 0.0925 e. The van der Waals surface area contributed by atoms with Gasteiger partial charge in [-0.1, -0.05) is 36.4 Å². The molecule has 122 valence electrons. The minimum atomic E-state index is 0.361. The van der Waals surface area contributed by atoms with E-state index < -0.39 is 0 Å². The summed E-state index contributed by atoms with van der Waals surface area (Å²) in [6, 6.07) is 15.2. The lowest BCUT2D eigenvalue weighted by molar-refractivity contribution is 0.163. The molecule has 4 rings (SSSR count). The molecule has 1 unspecified atom stereocenters. The summed E-state index contributed by atoms with van der Waals surface area (Å²) in [5.74, 6) is 0. The number of rotatable bonds is 5. The van der Waals surface area contributed by atoms with Crippen molar-refractivity contribution in [2.45, 2.75) is 31.8 Å². The summed E-state index contributed by atoms with van der Waals surface area (Å²) in [5.41, 5.74) is 5.18. The van der Waals surface area contributed by atoms with E-state index in [1.165, 1.54) is 22.5 Å². The number of aryl methyl sites for hydroxylation is 1. The number of imidazole rings is 1. The van der Waals surface area contributed by atoms with Gasteiger partial charge in [0.1, 0.15) is 0 Å².